The van der Waals surface area contributed by atoms with Crippen molar-refractivity contribution in [2.75, 3.05) is 7.11 Å². The average molecular weight is 369 g/mol. The molecule has 0 aliphatic carbocycles. The van der Waals surface area contributed by atoms with Crippen molar-refractivity contribution < 1.29 is 14.3 Å². The summed E-state index contributed by atoms with van der Waals surface area (Å²) in [6.45, 7) is 5.34. The Morgan fingerprint density at radius 1 is 1.19 bits per heavy atom. The Kier molecular flexibility index (Phi) is 5.08. The van der Waals surface area contributed by atoms with Crippen molar-refractivity contribution in [2.45, 2.75) is 31.0 Å². The quantitative estimate of drug-likeness (QED) is 0.319. The van der Waals surface area contributed by atoms with Crippen molar-refractivity contribution in [2.24, 2.45) is 0 Å². The van der Waals surface area contributed by atoms with E-state index in [0.29, 0.717) is 22.5 Å². The molecule has 1 atom stereocenters. The number of aromatic amines is 1. The number of carbonyl (C=O) groups excluding carboxylic acids is 2. The molecule has 3 rings (SSSR count). The lowest BCUT2D eigenvalue weighted by Crippen LogP contribution is -2.16. The van der Waals surface area contributed by atoms with Gasteiger partial charge in [0.2, 0.25) is 0 Å². The monoisotopic (exact) mass is 369 g/mol. The predicted octanol–water partition coefficient (Wildman–Crippen LogP) is 3.72. The number of rotatable bonds is 5. The second kappa shape index (κ2) is 7.29. The molecule has 0 radical (unpaired) electrons. The van der Waals surface area contributed by atoms with Crippen LogP contribution in [-0.2, 0) is 4.74 Å². The first-order valence-corrected chi connectivity index (χ1v) is 9.00. The van der Waals surface area contributed by atoms with E-state index in [1.807, 2.05) is 31.2 Å². The number of nitrogens with zero attached hydrogens (tertiary/aromatic N) is 2. The zero-order valence-electron chi connectivity index (χ0n) is 15.0. The van der Waals surface area contributed by atoms with Crippen molar-refractivity contribution in [3.05, 3.63) is 53.1 Å². The van der Waals surface area contributed by atoms with Gasteiger partial charge in [-0.05, 0) is 32.4 Å². The summed E-state index contributed by atoms with van der Waals surface area (Å²) in [4.78, 5) is 36.5. The number of aromatic nitrogens is 3. The first-order chi connectivity index (χ1) is 12.4. The molecule has 0 spiro atoms. The lowest BCUT2D eigenvalue weighted by Gasteiger charge is -2.11. The van der Waals surface area contributed by atoms with Crippen LogP contribution in [0.4, 0.5) is 0 Å². The van der Waals surface area contributed by atoms with Crippen LogP contribution in [0.3, 0.4) is 0 Å². The van der Waals surface area contributed by atoms with Crippen LogP contribution in [0.5, 0.6) is 0 Å². The predicted molar refractivity (Wildman–Crippen MR) is 101 cm³/mol. The lowest BCUT2D eigenvalue weighted by atomic mass is 10.1. The molecule has 134 valence electrons. The summed E-state index contributed by atoms with van der Waals surface area (Å²) in [6.07, 6.45) is 1.50. The molecule has 0 saturated carbocycles. The van der Waals surface area contributed by atoms with E-state index < -0.39 is 5.97 Å². The number of ketones is 1. The van der Waals surface area contributed by atoms with Crippen molar-refractivity contribution >= 4 is 34.4 Å². The van der Waals surface area contributed by atoms with Gasteiger partial charge in [0.25, 0.3) is 0 Å². The highest BCUT2D eigenvalue weighted by Gasteiger charge is 2.26. The van der Waals surface area contributed by atoms with Crippen molar-refractivity contribution in [3.63, 3.8) is 0 Å². The molecule has 0 fully saturated rings. The molecule has 2 aromatic heterocycles. The topological polar surface area (TPSA) is 84.9 Å². The first-order valence-electron chi connectivity index (χ1n) is 8.12. The van der Waals surface area contributed by atoms with E-state index in [2.05, 4.69) is 15.0 Å². The molecule has 6 nitrogen and oxygen atoms in total. The number of benzene rings is 1. The normalized spacial score (nSPS) is 12.2. The maximum absolute atomic E-state index is 12.9. The highest BCUT2D eigenvalue weighted by atomic mass is 32.2. The van der Waals surface area contributed by atoms with E-state index in [0.717, 1.165) is 15.9 Å². The van der Waals surface area contributed by atoms with Gasteiger partial charge >= 0.3 is 5.97 Å². The smallest absolute Gasteiger partial charge is 0.339 e. The molecular formula is C19H19N3O3S. The second-order valence-corrected chi connectivity index (χ2v) is 7.27. The van der Waals surface area contributed by atoms with Gasteiger partial charge in [-0.1, -0.05) is 30.0 Å². The number of thioether (sulfide) groups is 1. The zero-order chi connectivity index (χ0) is 18.8. The van der Waals surface area contributed by atoms with Crippen molar-refractivity contribution in [1.29, 1.82) is 0 Å². The van der Waals surface area contributed by atoms with Gasteiger partial charge < -0.3 is 9.72 Å². The van der Waals surface area contributed by atoms with Crippen LogP contribution in [-0.4, -0.2) is 39.1 Å². The Bertz CT molecular complexity index is 992. The van der Waals surface area contributed by atoms with Crippen LogP contribution < -0.4 is 0 Å². The summed E-state index contributed by atoms with van der Waals surface area (Å²) in [5, 5.41) is 1.29. The Hall–Kier alpha value is -2.67. The molecule has 3 aromatic rings. The number of para-hydroxylation sites is 1. The molecule has 0 unspecified atom stereocenters. The third-order valence-corrected chi connectivity index (χ3v) is 5.35. The highest BCUT2D eigenvalue weighted by molar-refractivity contribution is 8.00. The largest absolute Gasteiger partial charge is 0.465 e. The number of esters is 1. The maximum atomic E-state index is 12.9. The average Bonchev–Trinajstić information content (AvgIpc) is 2.95. The summed E-state index contributed by atoms with van der Waals surface area (Å²) in [7, 11) is 1.33. The van der Waals surface area contributed by atoms with Crippen molar-refractivity contribution in [3.8, 4) is 0 Å². The SMILES string of the molecule is COC(=O)c1c(C)[nH]c(C(=O)[C@@H](C)Sc2ncnc3ccccc23)c1C. The van der Waals surface area contributed by atoms with Gasteiger partial charge in [-0.3, -0.25) is 4.79 Å². The Balaban J connectivity index is 1.90. The van der Waals surface area contributed by atoms with Crippen LogP contribution >= 0.6 is 11.8 Å². The van der Waals surface area contributed by atoms with Crippen LogP contribution in [0.2, 0.25) is 0 Å². The van der Waals surface area contributed by atoms with E-state index >= 15 is 0 Å². The number of Topliss-reactive ketones (excluding diaryl/α,β-unsaturated/α-hetero) is 1. The fourth-order valence-corrected chi connectivity index (χ4v) is 3.87. The molecule has 2 heterocycles. The number of H-pyrrole nitrogens is 1. The van der Waals surface area contributed by atoms with Crippen LogP contribution in [0.15, 0.2) is 35.6 Å². The minimum atomic E-state index is -0.447. The summed E-state index contributed by atoms with van der Waals surface area (Å²) in [5.41, 5.74) is 2.92. The van der Waals surface area contributed by atoms with E-state index in [9.17, 15) is 9.59 Å². The van der Waals surface area contributed by atoms with Crippen LogP contribution in [0.25, 0.3) is 10.9 Å². The summed E-state index contributed by atoms with van der Waals surface area (Å²) < 4.78 is 4.80. The third kappa shape index (κ3) is 3.22. The third-order valence-electron chi connectivity index (χ3n) is 4.24. The number of aryl methyl sites for hydroxylation is 1. The van der Waals surface area contributed by atoms with Gasteiger partial charge in [0.1, 0.15) is 11.4 Å². The van der Waals surface area contributed by atoms with E-state index in [-0.39, 0.29) is 11.0 Å². The molecule has 0 aliphatic heterocycles. The molecule has 26 heavy (non-hydrogen) atoms. The van der Waals surface area contributed by atoms with E-state index in [4.69, 9.17) is 4.74 Å². The molecular weight excluding hydrogens is 350 g/mol. The van der Waals surface area contributed by atoms with Gasteiger partial charge in [0, 0.05) is 11.1 Å². The van der Waals surface area contributed by atoms with Gasteiger partial charge in [-0.2, -0.15) is 0 Å². The van der Waals surface area contributed by atoms with Crippen LogP contribution in [0, 0.1) is 13.8 Å². The molecule has 1 aromatic carbocycles. The van der Waals surface area contributed by atoms with Crippen molar-refractivity contribution in [1.82, 2.24) is 15.0 Å². The van der Waals surface area contributed by atoms with E-state index in [1.165, 1.54) is 25.2 Å². The number of fused-ring (bicyclic) bond motifs is 1. The number of ether oxygens (including phenoxy) is 1. The maximum Gasteiger partial charge on any atom is 0.339 e. The fourth-order valence-electron chi connectivity index (χ4n) is 2.90. The fraction of sp³-hybridized carbons (Fsp3) is 0.263. The van der Waals surface area contributed by atoms with Gasteiger partial charge in [0.05, 0.1) is 29.1 Å². The molecule has 0 bridgehead atoms. The minimum Gasteiger partial charge on any atom is -0.465 e. The summed E-state index contributed by atoms with van der Waals surface area (Å²) in [6, 6.07) is 7.68. The molecule has 0 aliphatic rings. The molecule has 1 N–H and O–H groups in total. The molecule has 0 amide bonds. The highest BCUT2D eigenvalue weighted by Crippen LogP contribution is 2.30. The standard InChI is InChI=1S/C19H19N3O3S/c1-10-15(19(24)25-4)11(2)22-16(10)17(23)12(3)26-18-13-7-5-6-8-14(13)20-9-21-18/h5-9,12,22H,1-4H3/t12-/m1/s1. The lowest BCUT2D eigenvalue weighted by molar-refractivity contribution is 0.0599. The number of hydrogen-bond donors (Lipinski definition) is 1. The minimum absolute atomic E-state index is 0.0894. The number of hydrogen-bond acceptors (Lipinski definition) is 6. The zero-order valence-corrected chi connectivity index (χ0v) is 15.8. The number of methoxy groups -OCH3 is 1. The molecule has 7 heteroatoms. The Labute approximate surface area is 155 Å². The summed E-state index contributed by atoms with van der Waals surface area (Å²) >= 11 is 1.38. The number of carbonyl (C=O) groups is 2. The molecule has 0 saturated heterocycles. The Morgan fingerprint density at radius 3 is 2.65 bits per heavy atom. The van der Waals surface area contributed by atoms with Gasteiger partial charge in [-0.15, -0.1) is 0 Å². The van der Waals surface area contributed by atoms with E-state index in [1.54, 1.807) is 13.8 Å². The van der Waals surface area contributed by atoms with Crippen LogP contribution in [0.1, 0.15) is 39.0 Å². The Morgan fingerprint density at radius 2 is 1.92 bits per heavy atom. The second-order valence-electron chi connectivity index (χ2n) is 5.94. The van der Waals surface area contributed by atoms with Gasteiger partial charge in [0.15, 0.2) is 5.78 Å². The van der Waals surface area contributed by atoms with Gasteiger partial charge in [-0.25, -0.2) is 14.8 Å². The summed E-state index contributed by atoms with van der Waals surface area (Å²) in [5.74, 6) is -0.536. The first kappa shape index (κ1) is 18.1. The number of nitrogens with one attached hydrogen (secondary N) is 1.